The molecular weight excluding hydrogens is 521 g/mol. The number of sulfone groups is 1. The highest BCUT2D eigenvalue weighted by molar-refractivity contribution is 7.93. The zero-order valence-electron chi connectivity index (χ0n) is 19.1. The number of H-pyrrole nitrogens is 1. The molecule has 37 heavy (non-hydrogen) atoms. The van der Waals surface area contributed by atoms with Gasteiger partial charge in [-0.25, -0.2) is 12.8 Å². The minimum absolute atomic E-state index is 0.121. The second-order valence-corrected chi connectivity index (χ2v) is 11.0. The zero-order valence-corrected chi connectivity index (χ0v) is 20.6. The number of halogens is 2. The van der Waals surface area contributed by atoms with Crippen molar-refractivity contribution in [3.8, 4) is 0 Å². The van der Waals surface area contributed by atoms with Crippen LogP contribution in [0.1, 0.15) is 21.7 Å². The summed E-state index contributed by atoms with van der Waals surface area (Å²) in [4.78, 5) is 30.5. The quantitative estimate of drug-likeness (QED) is 0.364. The maximum absolute atomic E-state index is 15.1. The van der Waals surface area contributed by atoms with Gasteiger partial charge in [-0.15, -0.1) is 0 Å². The van der Waals surface area contributed by atoms with E-state index in [9.17, 15) is 18.0 Å². The summed E-state index contributed by atoms with van der Waals surface area (Å²) in [6.07, 6.45) is 6.59. The molecule has 0 saturated heterocycles. The van der Waals surface area contributed by atoms with Crippen molar-refractivity contribution in [2.75, 3.05) is 0 Å². The Morgan fingerprint density at radius 3 is 2.65 bits per heavy atom. The molecule has 11 heteroatoms. The Bertz CT molecular complexity index is 1710. The third kappa shape index (κ3) is 4.49. The summed E-state index contributed by atoms with van der Waals surface area (Å²) >= 11 is 5.87. The van der Waals surface area contributed by atoms with E-state index in [2.05, 4.69) is 15.3 Å². The third-order valence-electron chi connectivity index (χ3n) is 6.04. The van der Waals surface area contributed by atoms with E-state index in [4.69, 9.17) is 16.0 Å². The van der Waals surface area contributed by atoms with Gasteiger partial charge < -0.3 is 14.7 Å². The van der Waals surface area contributed by atoms with Crippen molar-refractivity contribution in [3.05, 3.63) is 111 Å². The van der Waals surface area contributed by atoms with Crippen LogP contribution in [0.4, 0.5) is 4.39 Å². The third-order valence-corrected chi connectivity index (χ3v) is 8.47. The highest BCUT2D eigenvalue weighted by Gasteiger charge is 2.45. The van der Waals surface area contributed by atoms with Crippen molar-refractivity contribution in [3.63, 3.8) is 0 Å². The van der Waals surface area contributed by atoms with Crippen LogP contribution in [0, 0.1) is 5.82 Å². The number of hydrogen-bond acceptors (Lipinski definition) is 6. The first-order valence-electron chi connectivity index (χ1n) is 11.1. The van der Waals surface area contributed by atoms with Gasteiger partial charge in [0.25, 0.3) is 5.91 Å². The number of rotatable bonds is 7. The van der Waals surface area contributed by atoms with Crippen molar-refractivity contribution in [1.82, 2.24) is 10.3 Å². The predicted octanol–water partition coefficient (Wildman–Crippen LogP) is 4.20. The van der Waals surface area contributed by atoms with Crippen LogP contribution in [-0.2, 0) is 22.8 Å². The number of nitrogens with one attached hydrogen (secondary N) is 2. The Kier molecular flexibility index (Phi) is 6.30. The molecule has 1 aliphatic heterocycles. The lowest BCUT2D eigenvalue weighted by atomic mass is 10.1. The highest BCUT2D eigenvalue weighted by Crippen LogP contribution is 2.35. The molecular formula is C26H19ClFN3O5S. The van der Waals surface area contributed by atoms with Crippen molar-refractivity contribution < 1.29 is 22.0 Å². The standard InChI is InChI=1S/C26H19ClFN3O5S/c27-17-6-4-16(5-7-17)14-30-25(33)21-15-29-23-20(24(21)32)11-19(12-22(23)28)37(34,35)26(8-2-9-31-26)13-18-3-1-10-36-18/h1-12,15H,13-14H2,(H,29,32)(H,30,33). The number of aromatic amines is 1. The predicted molar refractivity (Wildman–Crippen MR) is 137 cm³/mol. The number of pyridine rings is 1. The number of benzene rings is 2. The van der Waals surface area contributed by atoms with Crippen molar-refractivity contribution in [2.24, 2.45) is 4.99 Å². The molecule has 188 valence electrons. The summed E-state index contributed by atoms with van der Waals surface area (Å²) in [5.41, 5.74) is -0.575. The fraction of sp³-hybridized carbons (Fsp3) is 0.115. The van der Waals surface area contributed by atoms with Gasteiger partial charge in [0, 0.05) is 30.4 Å². The number of carbonyl (C=O) groups is 1. The van der Waals surface area contributed by atoms with Gasteiger partial charge in [-0.2, -0.15) is 0 Å². The van der Waals surface area contributed by atoms with Gasteiger partial charge in [0.15, 0.2) is 4.87 Å². The zero-order chi connectivity index (χ0) is 26.2. The van der Waals surface area contributed by atoms with Gasteiger partial charge in [-0.05, 0) is 54.1 Å². The van der Waals surface area contributed by atoms with E-state index in [0.29, 0.717) is 10.8 Å². The van der Waals surface area contributed by atoms with E-state index in [1.807, 2.05) is 0 Å². The molecule has 8 nitrogen and oxygen atoms in total. The van der Waals surface area contributed by atoms with Crippen LogP contribution in [0.5, 0.6) is 0 Å². The van der Waals surface area contributed by atoms with Gasteiger partial charge in [0.1, 0.15) is 17.1 Å². The molecule has 4 aromatic rings. The van der Waals surface area contributed by atoms with Crippen molar-refractivity contribution in [2.45, 2.75) is 22.7 Å². The maximum atomic E-state index is 15.1. The van der Waals surface area contributed by atoms with Crippen LogP contribution >= 0.6 is 11.6 Å². The van der Waals surface area contributed by atoms with Crippen LogP contribution < -0.4 is 10.7 Å². The Morgan fingerprint density at radius 2 is 1.97 bits per heavy atom. The molecule has 2 N–H and O–H groups in total. The molecule has 0 bridgehead atoms. The SMILES string of the molecule is O=C(NCc1ccc(Cl)cc1)c1c[nH]c2c(F)cc(S(=O)(=O)C3(Cc4ccco4)C=CC=N3)cc2c1=O. The molecule has 0 radical (unpaired) electrons. The van der Waals surface area contributed by atoms with Crippen LogP contribution in [-0.4, -0.2) is 30.4 Å². The van der Waals surface area contributed by atoms with Gasteiger partial charge >= 0.3 is 0 Å². The van der Waals surface area contributed by atoms with Gasteiger partial charge in [-0.1, -0.05) is 23.7 Å². The summed E-state index contributed by atoms with van der Waals surface area (Å²) in [7, 11) is -4.34. The molecule has 0 saturated carbocycles. The van der Waals surface area contributed by atoms with E-state index >= 15 is 4.39 Å². The summed E-state index contributed by atoms with van der Waals surface area (Å²) < 4.78 is 47.8. The van der Waals surface area contributed by atoms with Crippen LogP contribution in [0.3, 0.4) is 0 Å². The number of nitrogens with zero attached hydrogens (tertiary/aromatic N) is 1. The topological polar surface area (TPSA) is 122 Å². The lowest BCUT2D eigenvalue weighted by Crippen LogP contribution is -2.36. The van der Waals surface area contributed by atoms with Crippen molar-refractivity contribution >= 4 is 44.5 Å². The molecule has 1 aliphatic rings. The maximum Gasteiger partial charge on any atom is 0.257 e. The summed E-state index contributed by atoms with van der Waals surface area (Å²) in [6, 6.07) is 11.9. The lowest BCUT2D eigenvalue weighted by Gasteiger charge is -2.24. The normalized spacial score (nSPS) is 16.9. The summed E-state index contributed by atoms with van der Waals surface area (Å²) in [6.45, 7) is 0.121. The fourth-order valence-electron chi connectivity index (χ4n) is 4.10. The van der Waals surface area contributed by atoms with Crippen LogP contribution in [0.25, 0.3) is 10.9 Å². The molecule has 3 heterocycles. The summed E-state index contributed by atoms with van der Waals surface area (Å²) in [5.74, 6) is -1.30. The van der Waals surface area contributed by atoms with E-state index in [-0.39, 0.29) is 29.4 Å². The molecule has 1 amide bonds. The number of fused-ring (bicyclic) bond motifs is 1. The van der Waals surface area contributed by atoms with Gasteiger partial charge in [-0.3, -0.25) is 14.6 Å². The fourth-order valence-corrected chi connectivity index (χ4v) is 5.95. The Labute approximate surface area is 215 Å². The molecule has 1 atom stereocenters. The van der Waals surface area contributed by atoms with Crippen LogP contribution in [0.15, 0.2) is 92.2 Å². The Morgan fingerprint density at radius 1 is 1.19 bits per heavy atom. The summed E-state index contributed by atoms with van der Waals surface area (Å²) in [5, 5.41) is 2.88. The molecule has 0 aliphatic carbocycles. The number of amides is 1. The van der Waals surface area contributed by atoms with E-state index in [0.717, 1.165) is 23.9 Å². The minimum atomic E-state index is -4.34. The van der Waals surface area contributed by atoms with Crippen molar-refractivity contribution in [1.29, 1.82) is 0 Å². The van der Waals surface area contributed by atoms with E-state index in [1.54, 1.807) is 36.4 Å². The number of allylic oxidation sites excluding steroid dienone is 1. The molecule has 1 unspecified atom stereocenters. The first kappa shape index (κ1) is 24.7. The van der Waals surface area contributed by atoms with Gasteiger partial charge in [0.2, 0.25) is 15.3 Å². The average Bonchev–Trinajstić information content (AvgIpc) is 3.57. The number of furan rings is 1. The molecule has 0 fully saturated rings. The van der Waals surface area contributed by atoms with E-state index in [1.165, 1.54) is 24.6 Å². The smallest absolute Gasteiger partial charge is 0.257 e. The second-order valence-electron chi connectivity index (χ2n) is 8.41. The lowest BCUT2D eigenvalue weighted by molar-refractivity contribution is 0.0949. The Balaban J connectivity index is 1.52. The monoisotopic (exact) mass is 539 g/mol. The highest BCUT2D eigenvalue weighted by atomic mass is 35.5. The average molecular weight is 540 g/mol. The minimum Gasteiger partial charge on any atom is -0.469 e. The molecule has 0 spiro atoms. The number of aliphatic imine (C=N–C) groups is 1. The first-order valence-corrected chi connectivity index (χ1v) is 12.9. The largest absolute Gasteiger partial charge is 0.469 e. The van der Waals surface area contributed by atoms with Crippen LogP contribution in [0.2, 0.25) is 5.02 Å². The molecule has 2 aromatic heterocycles. The molecule has 5 rings (SSSR count). The number of carbonyl (C=O) groups excluding carboxylic acids is 1. The number of aromatic nitrogens is 1. The second kappa shape index (κ2) is 9.45. The Hall–Kier alpha value is -4.02. The first-order chi connectivity index (χ1) is 17.7. The van der Waals surface area contributed by atoms with E-state index < -0.39 is 36.8 Å². The number of hydrogen-bond donors (Lipinski definition) is 2. The molecule has 2 aromatic carbocycles. The van der Waals surface area contributed by atoms with Gasteiger partial charge in [0.05, 0.1) is 22.1 Å².